The standard InChI is InChI=1S/C18H25NO/c1-6-17(4,5)19-13-14(2)18(20,12-15(19)3)16-10-8-7-9-11-16/h1,7-11,14-15,20H,12-13H2,2-5H3/t14-,15+,18+/m0/s1. The molecule has 0 unspecified atom stereocenters. The van der Waals surface area contributed by atoms with Gasteiger partial charge in [0.15, 0.2) is 0 Å². The molecule has 0 bridgehead atoms. The van der Waals surface area contributed by atoms with Gasteiger partial charge in [-0.3, -0.25) is 4.90 Å². The van der Waals surface area contributed by atoms with Crippen molar-refractivity contribution in [3.8, 4) is 12.3 Å². The van der Waals surface area contributed by atoms with Crippen molar-refractivity contribution in [3.63, 3.8) is 0 Å². The lowest BCUT2D eigenvalue weighted by molar-refractivity contribution is -0.105. The zero-order valence-electron chi connectivity index (χ0n) is 12.9. The Morgan fingerprint density at radius 3 is 2.45 bits per heavy atom. The zero-order valence-corrected chi connectivity index (χ0v) is 12.9. The van der Waals surface area contributed by atoms with Gasteiger partial charge in [0.05, 0.1) is 11.1 Å². The van der Waals surface area contributed by atoms with Crippen LogP contribution < -0.4 is 0 Å². The lowest BCUT2D eigenvalue weighted by Gasteiger charge is -2.51. The number of piperidine rings is 1. The van der Waals surface area contributed by atoms with Gasteiger partial charge in [0.2, 0.25) is 0 Å². The second kappa shape index (κ2) is 5.24. The van der Waals surface area contributed by atoms with E-state index in [0.717, 1.165) is 12.1 Å². The van der Waals surface area contributed by atoms with E-state index >= 15 is 0 Å². The molecule has 0 amide bonds. The second-order valence-corrected chi connectivity index (χ2v) is 6.60. The van der Waals surface area contributed by atoms with Crippen LogP contribution in [0.2, 0.25) is 0 Å². The number of likely N-dealkylation sites (tertiary alicyclic amines) is 1. The van der Waals surface area contributed by atoms with Gasteiger partial charge in [0.1, 0.15) is 0 Å². The molecule has 0 saturated carbocycles. The molecule has 3 atom stereocenters. The van der Waals surface area contributed by atoms with Gasteiger partial charge in [-0.25, -0.2) is 0 Å². The van der Waals surface area contributed by atoms with E-state index in [1.165, 1.54) is 0 Å². The molecule has 0 radical (unpaired) electrons. The molecule has 1 aromatic carbocycles. The molecule has 1 aromatic rings. The van der Waals surface area contributed by atoms with Crippen molar-refractivity contribution >= 4 is 0 Å². The Morgan fingerprint density at radius 2 is 1.90 bits per heavy atom. The average molecular weight is 271 g/mol. The Bertz CT molecular complexity index is 502. The average Bonchev–Trinajstić information content (AvgIpc) is 2.43. The highest BCUT2D eigenvalue weighted by Gasteiger charge is 2.46. The molecule has 0 spiro atoms. The molecule has 0 aromatic heterocycles. The Labute approximate surface area is 122 Å². The first-order valence-electron chi connectivity index (χ1n) is 7.33. The lowest BCUT2D eigenvalue weighted by Crippen LogP contribution is -2.59. The molecular weight excluding hydrogens is 246 g/mol. The van der Waals surface area contributed by atoms with Crippen LogP contribution in [0.3, 0.4) is 0 Å². The molecule has 108 valence electrons. The Kier molecular flexibility index (Phi) is 3.95. The van der Waals surface area contributed by atoms with E-state index in [0.29, 0.717) is 6.42 Å². The fourth-order valence-corrected chi connectivity index (χ4v) is 3.38. The van der Waals surface area contributed by atoms with Crippen LogP contribution in [0.15, 0.2) is 30.3 Å². The van der Waals surface area contributed by atoms with E-state index in [9.17, 15) is 5.11 Å². The minimum absolute atomic E-state index is 0.147. The predicted molar refractivity (Wildman–Crippen MR) is 83.2 cm³/mol. The van der Waals surface area contributed by atoms with Crippen LogP contribution in [0.4, 0.5) is 0 Å². The SMILES string of the molecule is C#CC(C)(C)N1C[C@H](C)[C@@](O)(c2ccccc2)C[C@H]1C. The first kappa shape index (κ1) is 15.1. The monoisotopic (exact) mass is 271 g/mol. The predicted octanol–water partition coefficient (Wildman–Crippen LogP) is 3.02. The van der Waals surface area contributed by atoms with Gasteiger partial charge < -0.3 is 5.11 Å². The van der Waals surface area contributed by atoms with Gasteiger partial charge in [0, 0.05) is 18.5 Å². The fourth-order valence-electron chi connectivity index (χ4n) is 3.38. The van der Waals surface area contributed by atoms with Gasteiger partial charge in [-0.15, -0.1) is 6.42 Å². The summed E-state index contributed by atoms with van der Waals surface area (Å²) in [4.78, 5) is 2.33. The number of hydrogen-bond acceptors (Lipinski definition) is 2. The number of benzene rings is 1. The summed E-state index contributed by atoms with van der Waals surface area (Å²) in [5.74, 6) is 3.02. The molecule has 1 aliphatic rings. The van der Waals surface area contributed by atoms with Crippen LogP contribution in [0.5, 0.6) is 0 Å². The highest BCUT2D eigenvalue weighted by atomic mass is 16.3. The van der Waals surface area contributed by atoms with Crippen molar-refractivity contribution in [1.29, 1.82) is 0 Å². The highest BCUT2D eigenvalue weighted by Crippen LogP contribution is 2.41. The number of rotatable bonds is 2. The van der Waals surface area contributed by atoms with Gasteiger partial charge in [-0.2, -0.15) is 0 Å². The smallest absolute Gasteiger partial charge is 0.0948 e. The molecule has 1 N–H and O–H groups in total. The number of hydrogen-bond donors (Lipinski definition) is 1. The van der Waals surface area contributed by atoms with E-state index in [-0.39, 0.29) is 17.5 Å². The van der Waals surface area contributed by atoms with Gasteiger partial charge in [-0.05, 0) is 32.8 Å². The minimum Gasteiger partial charge on any atom is -0.385 e. The Balaban J connectivity index is 2.29. The lowest BCUT2D eigenvalue weighted by atomic mass is 9.73. The van der Waals surface area contributed by atoms with Crippen LogP contribution >= 0.6 is 0 Å². The summed E-state index contributed by atoms with van der Waals surface area (Å²) in [5.41, 5.74) is -0.0226. The highest BCUT2D eigenvalue weighted by molar-refractivity contribution is 5.25. The summed E-state index contributed by atoms with van der Waals surface area (Å²) in [6.07, 6.45) is 6.38. The van der Waals surface area contributed by atoms with Gasteiger partial charge >= 0.3 is 0 Å². The molecule has 1 aliphatic heterocycles. The van der Waals surface area contributed by atoms with Crippen molar-refractivity contribution in [1.82, 2.24) is 4.90 Å². The van der Waals surface area contributed by atoms with E-state index in [4.69, 9.17) is 6.42 Å². The van der Waals surface area contributed by atoms with E-state index in [1.807, 2.05) is 30.3 Å². The van der Waals surface area contributed by atoms with Gasteiger partial charge in [-0.1, -0.05) is 43.2 Å². The van der Waals surface area contributed by atoms with Crippen molar-refractivity contribution in [2.75, 3.05) is 6.54 Å². The Hall–Kier alpha value is -1.30. The fraction of sp³-hybridized carbons (Fsp3) is 0.556. The van der Waals surface area contributed by atoms with E-state index < -0.39 is 5.60 Å². The van der Waals surface area contributed by atoms with Crippen LogP contribution in [0.1, 0.15) is 39.7 Å². The summed E-state index contributed by atoms with van der Waals surface area (Å²) in [5, 5.41) is 11.2. The zero-order chi connectivity index (χ0) is 15.0. The van der Waals surface area contributed by atoms with Crippen molar-refractivity contribution in [2.45, 2.75) is 51.3 Å². The normalized spacial score (nSPS) is 31.8. The summed E-state index contributed by atoms with van der Waals surface area (Å²) in [6.45, 7) is 9.22. The third kappa shape index (κ3) is 2.49. The largest absolute Gasteiger partial charge is 0.385 e. The molecule has 2 nitrogen and oxygen atoms in total. The summed E-state index contributed by atoms with van der Waals surface area (Å²) in [6, 6.07) is 10.3. The maximum Gasteiger partial charge on any atom is 0.0948 e. The summed E-state index contributed by atoms with van der Waals surface area (Å²) < 4.78 is 0. The molecule has 1 heterocycles. The molecule has 0 aliphatic carbocycles. The summed E-state index contributed by atoms with van der Waals surface area (Å²) in [7, 11) is 0. The van der Waals surface area contributed by atoms with Crippen LogP contribution in [-0.4, -0.2) is 28.1 Å². The minimum atomic E-state index is -0.762. The maximum absolute atomic E-state index is 11.2. The van der Waals surface area contributed by atoms with Crippen LogP contribution in [-0.2, 0) is 5.60 Å². The second-order valence-electron chi connectivity index (χ2n) is 6.60. The summed E-state index contributed by atoms with van der Waals surface area (Å²) >= 11 is 0. The Morgan fingerprint density at radius 1 is 1.30 bits per heavy atom. The third-order valence-corrected chi connectivity index (χ3v) is 4.77. The van der Waals surface area contributed by atoms with Crippen LogP contribution in [0, 0.1) is 18.3 Å². The first-order chi connectivity index (χ1) is 9.31. The maximum atomic E-state index is 11.2. The molecule has 1 fully saturated rings. The van der Waals surface area contributed by atoms with Gasteiger partial charge in [0.25, 0.3) is 0 Å². The van der Waals surface area contributed by atoms with Crippen molar-refractivity contribution in [2.24, 2.45) is 5.92 Å². The third-order valence-electron chi connectivity index (χ3n) is 4.77. The van der Waals surface area contributed by atoms with Crippen molar-refractivity contribution in [3.05, 3.63) is 35.9 Å². The quantitative estimate of drug-likeness (QED) is 0.836. The number of terminal acetylenes is 1. The number of aliphatic hydroxyl groups is 1. The van der Waals surface area contributed by atoms with E-state index in [2.05, 4.69) is 38.5 Å². The van der Waals surface area contributed by atoms with E-state index in [1.54, 1.807) is 0 Å². The molecule has 2 heteroatoms. The molecule has 2 rings (SSSR count). The topological polar surface area (TPSA) is 23.5 Å². The van der Waals surface area contributed by atoms with Crippen LogP contribution in [0.25, 0.3) is 0 Å². The molecule has 1 saturated heterocycles. The molecule has 20 heavy (non-hydrogen) atoms. The first-order valence-corrected chi connectivity index (χ1v) is 7.33. The number of nitrogens with zero attached hydrogens (tertiary/aromatic N) is 1. The van der Waals surface area contributed by atoms with Crippen molar-refractivity contribution < 1.29 is 5.11 Å². The molecular formula is C18H25NO.